The quantitative estimate of drug-likeness (QED) is 0.581. The minimum Gasteiger partial charge on any atom is -0.497 e. The number of hydrogen-bond donors (Lipinski definition) is 0. The molecule has 0 aliphatic carbocycles. The molecule has 3 aromatic rings. The summed E-state index contributed by atoms with van der Waals surface area (Å²) in [6.45, 7) is 3.36. The number of benzene rings is 3. The van der Waals surface area contributed by atoms with Gasteiger partial charge in [0.15, 0.2) is 5.78 Å². The Hall–Kier alpha value is -2.95. The van der Waals surface area contributed by atoms with E-state index in [4.69, 9.17) is 4.74 Å². The Labute approximate surface area is 190 Å². The monoisotopic (exact) mass is 426 g/mol. The second kappa shape index (κ2) is 9.27. The summed E-state index contributed by atoms with van der Waals surface area (Å²) < 4.78 is 5.30. The first kappa shape index (κ1) is 20.9. The van der Waals surface area contributed by atoms with E-state index in [9.17, 15) is 4.79 Å². The predicted molar refractivity (Wildman–Crippen MR) is 127 cm³/mol. The van der Waals surface area contributed by atoms with E-state index in [1.807, 2.05) is 12.1 Å². The maximum atomic E-state index is 13.5. The molecular formula is C28H30N2O2. The Morgan fingerprint density at radius 2 is 1.41 bits per heavy atom. The van der Waals surface area contributed by atoms with Gasteiger partial charge in [-0.3, -0.25) is 14.6 Å². The van der Waals surface area contributed by atoms with Crippen LogP contribution in [0.1, 0.15) is 29.0 Å². The molecule has 0 unspecified atom stereocenters. The first-order valence-corrected chi connectivity index (χ1v) is 11.4. The third kappa shape index (κ3) is 4.34. The summed E-state index contributed by atoms with van der Waals surface area (Å²) in [5.74, 6) is 1.45. The van der Waals surface area contributed by atoms with E-state index in [1.165, 1.54) is 16.7 Å². The molecule has 0 spiro atoms. The SMILES string of the molecule is COc1ccc(CN2C[C@@H]3[C@@H](c4ccccc4)CC(=O)[C@H]2CN3Cc2ccccc2)cc1. The zero-order valence-corrected chi connectivity index (χ0v) is 18.6. The topological polar surface area (TPSA) is 32.8 Å². The van der Waals surface area contributed by atoms with Crippen LogP contribution >= 0.6 is 0 Å². The highest BCUT2D eigenvalue weighted by Gasteiger charge is 2.45. The lowest BCUT2D eigenvalue weighted by Crippen LogP contribution is -2.58. The maximum absolute atomic E-state index is 13.5. The predicted octanol–water partition coefficient (Wildman–Crippen LogP) is 4.51. The van der Waals surface area contributed by atoms with E-state index in [0.29, 0.717) is 18.2 Å². The molecule has 0 aromatic heterocycles. The summed E-state index contributed by atoms with van der Waals surface area (Å²) in [5, 5.41) is 0. The van der Waals surface area contributed by atoms with Gasteiger partial charge in [0.1, 0.15) is 5.75 Å². The normalized spacial score (nSPS) is 23.8. The smallest absolute Gasteiger partial charge is 0.151 e. The van der Waals surface area contributed by atoms with Gasteiger partial charge in [0, 0.05) is 44.6 Å². The third-order valence-corrected chi connectivity index (χ3v) is 7.00. The Bertz CT molecular complexity index is 1040. The van der Waals surface area contributed by atoms with Crippen LogP contribution in [0.3, 0.4) is 0 Å². The molecule has 3 saturated heterocycles. The van der Waals surface area contributed by atoms with E-state index in [2.05, 4.69) is 82.6 Å². The summed E-state index contributed by atoms with van der Waals surface area (Å²) in [4.78, 5) is 18.4. The molecule has 3 aliphatic rings. The lowest BCUT2D eigenvalue weighted by Gasteiger charge is -2.45. The molecule has 3 fully saturated rings. The highest BCUT2D eigenvalue weighted by molar-refractivity contribution is 5.86. The molecule has 32 heavy (non-hydrogen) atoms. The van der Waals surface area contributed by atoms with Crippen LogP contribution in [-0.2, 0) is 17.9 Å². The Kier molecular flexibility index (Phi) is 6.06. The van der Waals surface area contributed by atoms with Crippen LogP contribution in [0.2, 0.25) is 0 Å². The van der Waals surface area contributed by atoms with Crippen LogP contribution in [-0.4, -0.2) is 47.9 Å². The standard InChI is InChI=1S/C28H30N2O2/c1-32-24-14-12-22(13-15-24)18-30-19-26-25(23-10-6-3-7-11-23)16-28(31)27(30)20-29(26)17-21-8-4-2-5-9-21/h2-15,25-27H,16-20H2,1H3/t25-,26-,27-/m1/s1. The fourth-order valence-corrected chi connectivity index (χ4v) is 5.31. The first-order chi connectivity index (χ1) is 15.7. The summed E-state index contributed by atoms with van der Waals surface area (Å²) in [6.07, 6.45) is 0.615. The molecule has 0 N–H and O–H groups in total. The lowest BCUT2D eigenvalue weighted by molar-refractivity contribution is -0.125. The van der Waals surface area contributed by atoms with Crippen molar-refractivity contribution < 1.29 is 9.53 Å². The van der Waals surface area contributed by atoms with Crippen LogP contribution in [0.25, 0.3) is 0 Å². The van der Waals surface area contributed by atoms with Crippen molar-refractivity contribution in [1.82, 2.24) is 9.80 Å². The van der Waals surface area contributed by atoms with Crippen LogP contribution < -0.4 is 4.74 Å². The lowest BCUT2D eigenvalue weighted by atomic mass is 9.87. The van der Waals surface area contributed by atoms with Gasteiger partial charge in [0.25, 0.3) is 0 Å². The van der Waals surface area contributed by atoms with Crippen molar-refractivity contribution in [2.75, 3.05) is 20.2 Å². The molecule has 0 radical (unpaired) electrons. The highest BCUT2D eigenvalue weighted by Crippen LogP contribution is 2.37. The number of carbonyl (C=O) groups is 1. The zero-order chi connectivity index (χ0) is 21.9. The Morgan fingerprint density at radius 1 is 0.781 bits per heavy atom. The second-order valence-electron chi connectivity index (χ2n) is 8.96. The molecule has 3 heterocycles. The number of Topliss-reactive ketones (excluding diaryl/α,β-unsaturated/α-hetero) is 1. The molecular weight excluding hydrogens is 396 g/mol. The summed E-state index contributed by atoms with van der Waals surface area (Å²) in [6, 6.07) is 29.7. The van der Waals surface area contributed by atoms with Crippen LogP contribution in [0.15, 0.2) is 84.9 Å². The van der Waals surface area contributed by atoms with E-state index in [1.54, 1.807) is 7.11 Å². The molecule has 0 amide bonds. The second-order valence-corrected chi connectivity index (χ2v) is 8.96. The number of ether oxygens (including phenoxy) is 1. The Morgan fingerprint density at radius 3 is 2.09 bits per heavy atom. The number of hydrogen-bond acceptors (Lipinski definition) is 4. The molecule has 2 bridgehead atoms. The van der Waals surface area contributed by atoms with Gasteiger partial charge in [-0.2, -0.15) is 0 Å². The largest absolute Gasteiger partial charge is 0.497 e. The van der Waals surface area contributed by atoms with Crippen molar-refractivity contribution in [1.29, 1.82) is 0 Å². The number of methoxy groups -OCH3 is 1. The summed E-state index contributed by atoms with van der Waals surface area (Å²) in [7, 11) is 1.69. The molecule has 3 aromatic carbocycles. The average Bonchev–Trinajstić information content (AvgIpc) is 3.06. The number of nitrogens with zero attached hydrogens (tertiary/aromatic N) is 2. The minimum absolute atomic E-state index is 0.0641. The summed E-state index contributed by atoms with van der Waals surface area (Å²) in [5.41, 5.74) is 3.80. The zero-order valence-electron chi connectivity index (χ0n) is 18.6. The highest BCUT2D eigenvalue weighted by atomic mass is 16.5. The van der Waals surface area contributed by atoms with Crippen LogP contribution in [0.5, 0.6) is 5.75 Å². The fraction of sp³-hybridized carbons (Fsp3) is 0.321. The number of piperazine rings is 1. The van der Waals surface area contributed by atoms with Crippen molar-refractivity contribution in [2.24, 2.45) is 0 Å². The van der Waals surface area contributed by atoms with E-state index in [-0.39, 0.29) is 12.0 Å². The van der Waals surface area contributed by atoms with E-state index >= 15 is 0 Å². The van der Waals surface area contributed by atoms with Gasteiger partial charge in [0.2, 0.25) is 0 Å². The molecule has 3 atom stereocenters. The van der Waals surface area contributed by atoms with Gasteiger partial charge < -0.3 is 4.74 Å². The van der Waals surface area contributed by atoms with Gasteiger partial charge in [-0.25, -0.2) is 0 Å². The first-order valence-electron chi connectivity index (χ1n) is 11.4. The van der Waals surface area contributed by atoms with Gasteiger partial charge in [-0.05, 0) is 28.8 Å². The minimum atomic E-state index is -0.0641. The van der Waals surface area contributed by atoms with E-state index in [0.717, 1.165) is 31.9 Å². The van der Waals surface area contributed by atoms with Crippen LogP contribution in [0, 0.1) is 0 Å². The van der Waals surface area contributed by atoms with Crippen molar-refractivity contribution >= 4 is 5.78 Å². The molecule has 4 heteroatoms. The molecule has 6 rings (SSSR count). The molecule has 164 valence electrons. The fourth-order valence-electron chi connectivity index (χ4n) is 5.31. The van der Waals surface area contributed by atoms with Crippen molar-refractivity contribution in [3.05, 3.63) is 102 Å². The molecule has 3 aliphatic heterocycles. The molecule has 4 nitrogen and oxygen atoms in total. The van der Waals surface area contributed by atoms with Crippen LogP contribution in [0.4, 0.5) is 0 Å². The van der Waals surface area contributed by atoms with Gasteiger partial charge >= 0.3 is 0 Å². The van der Waals surface area contributed by atoms with Gasteiger partial charge in [-0.1, -0.05) is 72.8 Å². The number of carbonyl (C=O) groups excluding carboxylic acids is 1. The molecule has 0 saturated carbocycles. The average molecular weight is 427 g/mol. The van der Waals surface area contributed by atoms with E-state index < -0.39 is 0 Å². The number of rotatable bonds is 6. The van der Waals surface area contributed by atoms with Gasteiger partial charge in [0.05, 0.1) is 13.2 Å². The van der Waals surface area contributed by atoms with Crippen molar-refractivity contribution in [3.63, 3.8) is 0 Å². The van der Waals surface area contributed by atoms with Crippen molar-refractivity contribution in [2.45, 2.75) is 37.5 Å². The summed E-state index contributed by atoms with van der Waals surface area (Å²) >= 11 is 0. The van der Waals surface area contributed by atoms with Gasteiger partial charge in [-0.15, -0.1) is 0 Å². The maximum Gasteiger partial charge on any atom is 0.151 e. The Balaban J connectivity index is 1.44. The number of fused-ring (bicyclic) bond motifs is 4. The third-order valence-electron chi connectivity index (χ3n) is 7.00. The number of ketones is 1. The van der Waals surface area contributed by atoms with Crippen molar-refractivity contribution in [3.8, 4) is 5.75 Å².